The smallest absolute Gasteiger partial charge is 0.248 e. The summed E-state index contributed by atoms with van der Waals surface area (Å²) in [6.45, 7) is 6.46. The monoisotopic (exact) mass is 424 g/mol. The molecule has 0 unspecified atom stereocenters. The topological polar surface area (TPSA) is 55.1 Å². The number of anilines is 1. The Balaban J connectivity index is 1.35. The van der Waals surface area contributed by atoms with Crippen molar-refractivity contribution < 1.29 is 9.21 Å². The molecule has 0 aliphatic heterocycles. The van der Waals surface area contributed by atoms with Crippen molar-refractivity contribution in [3.8, 4) is 0 Å². The Bertz CT molecular complexity index is 1230. The highest BCUT2D eigenvalue weighted by atomic mass is 16.3. The predicted octanol–water partition coefficient (Wildman–Crippen LogP) is 6.76. The van der Waals surface area contributed by atoms with Crippen molar-refractivity contribution in [3.05, 3.63) is 101 Å². The highest BCUT2D eigenvalue weighted by Gasteiger charge is 2.08. The molecule has 0 bridgehead atoms. The summed E-state index contributed by atoms with van der Waals surface area (Å²) >= 11 is 0. The third-order valence-corrected chi connectivity index (χ3v) is 5.51. The van der Waals surface area contributed by atoms with E-state index in [1.165, 1.54) is 11.1 Å². The van der Waals surface area contributed by atoms with E-state index in [-0.39, 0.29) is 5.91 Å². The van der Waals surface area contributed by atoms with Gasteiger partial charge in [0.05, 0.1) is 0 Å². The van der Waals surface area contributed by atoms with E-state index >= 15 is 0 Å². The molecule has 4 rings (SSSR count). The fourth-order valence-corrected chi connectivity index (χ4v) is 3.54. The fourth-order valence-electron chi connectivity index (χ4n) is 3.54. The largest absolute Gasteiger partial charge is 0.440 e. The van der Waals surface area contributed by atoms with Crippen LogP contribution in [0.1, 0.15) is 54.8 Å². The average molecular weight is 425 g/mol. The summed E-state index contributed by atoms with van der Waals surface area (Å²) in [7, 11) is 0. The molecule has 1 amide bonds. The minimum atomic E-state index is -0.156. The van der Waals surface area contributed by atoms with E-state index in [2.05, 4.69) is 55.3 Å². The van der Waals surface area contributed by atoms with Crippen LogP contribution in [-0.2, 0) is 17.6 Å². The van der Waals surface area contributed by atoms with E-state index in [4.69, 9.17) is 4.42 Å². The third kappa shape index (κ3) is 5.33. The number of fused-ring (bicyclic) bond motifs is 1. The summed E-state index contributed by atoms with van der Waals surface area (Å²) in [4.78, 5) is 16.9. The molecule has 32 heavy (non-hydrogen) atoms. The highest BCUT2D eigenvalue weighted by Crippen LogP contribution is 2.20. The Labute approximate surface area is 189 Å². The third-order valence-electron chi connectivity index (χ3n) is 5.51. The zero-order valence-electron chi connectivity index (χ0n) is 18.8. The van der Waals surface area contributed by atoms with Gasteiger partial charge >= 0.3 is 0 Å². The van der Waals surface area contributed by atoms with E-state index in [9.17, 15) is 4.79 Å². The number of nitrogens with one attached hydrogen (secondary N) is 1. The first kappa shape index (κ1) is 21.6. The SMILES string of the molecule is CCc1ccc2oc(Cc3ccc(NC(=O)/C=C/c4ccc(C(C)C)cc4)cc3)nc2c1. The maximum absolute atomic E-state index is 12.3. The molecule has 1 heterocycles. The molecule has 0 atom stereocenters. The van der Waals surface area contributed by atoms with E-state index in [0.29, 0.717) is 18.2 Å². The molecule has 4 nitrogen and oxygen atoms in total. The van der Waals surface area contributed by atoms with E-state index in [1.54, 1.807) is 6.08 Å². The van der Waals surface area contributed by atoms with Crippen molar-refractivity contribution in [3.63, 3.8) is 0 Å². The molecule has 1 N–H and O–H groups in total. The summed E-state index contributed by atoms with van der Waals surface area (Å²) in [5, 5.41) is 2.90. The maximum atomic E-state index is 12.3. The van der Waals surface area contributed by atoms with Gasteiger partial charge in [0.1, 0.15) is 5.52 Å². The Morgan fingerprint density at radius 2 is 1.72 bits per heavy atom. The van der Waals surface area contributed by atoms with Crippen molar-refractivity contribution in [2.75, 3.05) is 5.32 Å². The van der Waals surface area contributed by atoms with Crippen LogP contribution >= 0.6 is 0 Å². The summed E-state index contributed by atoms with van der Waals surface area (Å²) in [6, 6.07) is 22.2. The van der Waals surface area contributed by atoms with Crippen molar-refractivity contribution in [2.45, 2.75) is 39.5 Å². The van der Waals surface area contributed by atoms with Crippen LogP contribution in [0.5, 0.6) is 0 Å². The molecule has 3 aromatic carbocycles. The van der Waals surface area contributed by atoms with Crippen LogP contribution in [0.25, 0.3) is 17.2 Å². The molecule has 0 radical (unpaired) electrons. The van der Waals surface area contributed by atoms with Crippen LogP contribution in [-0.4, -0.2) is 10.9 Å². The van der Waals surface area contributed by atoms with Crippen LogP contribution in [0, 0.1) is 0 Å². The quantitative estimate of drug-likeness (QED) is 0.334. The lowest BCUT2D eigenvalue weighted by Gasteiger charge is -2.05. The van der Waals surface area contributed by atoms with Gasteiger partial charge in [-0.2, -0.15) is 0 Å². The maximum Gasteiger partial charge on any atom is 0.248 e. The second-order valence-electron chi connectivity index (χ2n) is 8.28. The molecule has 0 spiro atoms. The van der Waals surface area contributed by atoms with E-state index in [1.807, 2.05) is 48.5 Å². The van der Waals surface area contributed by atoms with Gasteiger partial charge in [0.2, 0.25) is 5.91 Å². The second kappa shape index (κ2) is 9.65. The minimum absolute atomic E-state index is 0.156. The molecular formula is C28H28N2O2. The van der Waals surface area contributed by atoms with Crippen LogP contribution in [0.15, 0.2) is 77.2 Å². The standard InChI is InChI=1S/C28H28N2O2/c1-4-20-9-15-26-25(17-20)30-28(32-26)18-22-7-13-24(14-8-22)29-27(31)16-10-21-5-11-23(12-6-21)19(2)3/h5-17,19H,4,18H2,1-3H3,(H,29,31)/b16-10+. The van der Waals surface area contributed by atoms with Gasteiger partial charge < -0.3 is 9.73 Å². The highest BCUT2D eigenvalue weighted by molar-refractivity contribution is 6.01. The van der Waals surface area contributed by atoms with Crippen molar-refractivity contribution in [2.24, 2.45) is 0 Å². The lowest BCUT2D eigenvalue weighted by molar-refractivity contribution is -0.111. The Morgan fingerprint density at radius 3 is 2.41 bits per heavy atom. The first-order valence-electron chi connectivity index (χ1n) is 11.1. The summed E-state index contributed by atoms with van der Waals surface area (Å²) < 4.78 is 5.87. The molecule has 0 aliphatic rings. The van der Waals surface area contributed by atoms with Gasteiger partial charge in [0.25, 0.3) is 0 Å². The van der Waals surface area contributed by atoms with Gasteiger partial charge in [0, 0.05) is 18.2 Å². The second-order valence-corrected chi connectivity index (χ2v) is 8.28. The summed E-state index contributed by atoms with van der Waals surface area (Å²) in [6.07, 6.45) is 4.97. The van der Waals surface area contributed by atoms with Crippen molar-refractivity contribution in [1.29, 1.82) is 0 Å². The van der Waals surface area contributed by atoms with E-state index < -0.39 is 0 Å². The Hall–Kier alpha value is -3.66. The number of nitrogens with zero attached hydrogens (tertiary/aromatic N) is 1. The van der Waals surface area contributed by atoms with Crippen LogP contribution < -0.4 is 5.32 Å². The number of carbonyl (C=O) groups is 1. The summed E-state index contributed by atoms with van der Waals surface area (Å²) in [5.74, 6) is 1.03. The van der Waals surface area contributed by atoms with Gasteiger partial charge in [-0.3, -0.25) is 4.79 Å². The first-order chi connectivity index (χ1) is 15.5. The van der Waals surface area contributed by atoms with Gasteiger partial charge in [-0.25, -0.2) is 4.98 Å². The number of hydrogen-bond donors (Lipinski definition) is 1. The van der Waals surface area contributed by atoms with Crippen LogP contribution in [0.4, 0.5) is 5.69 Å². The minimum Gasteiger partial charge on any atom is -0.440 e. The predicted molar refractivity (Wildman–Crippen MR) is 131 cm³/mol. The Kier molecular flexibility index (Phi) is 6.50. The lowest BCUT2D eigenvalue weighted by atomic mass is 10.0. The van der Waals surface area contributed by atoms with Crippen molar-refractivity contribution >= 4 is 28.8 Å². The van der Waals surface area contributed by atoms with Gasteiger partial charge in [0.15, 0.2) is 11.5 Å². The number of rotatable bonds is 7. The van der Waals surface area contributed by atoms with Crippen molar-refractivity contribution in [1.82, 2.24) is 4.98 Å². The Morgan fingerprint density at radius 1 is 1.00 bits per heavy atom. The normalized spacial score (nSPS) is 11.5. The van der Waals surface area contributed by atoms with E-state index in [0.717, 1.165) is 34.3 Å². The number of benzene rings is 3. The zero-order chi connectivity index (χ0) is 22.5. The number of aryl methyl sites for hydroxylation is 1. The molecule has 4 aromatic rings. The summed E-state index contributed by atoms with van der Waals surface area (Å²) in [5.41, 5.74) is 7.08. The molecular weight excluding hydrogens is 396 g/mol. The number of oxazole rings is 1. The lowest BCUT2D eigenvalue weighted by Crippen LogP contribution is -2.07. The molecule has 1 aromatic heterocycles. The molecule has 0 saturated heterocycles. The zero-order valence-corrected chi connectivity index (χ0v) is 18.8. The fraction of sp³-hybridized carbons (Fsp3) is 0.214. The molecule has 4 heteroatoms. The number of hydrogen-bond acceptors (Lipinski definition) is 3. The van der Waals surface area contributed by atoms with Crippen LogP contribution in [0.3, 0.4) is 0 Å². The molecule has 0 aliphatic carbocycles. The van der Waals surface area contributed by atoms with Gasteiger partial charge in [-0.05, 0) is 64.9 Å². The number of aromatic nitrogens is 1. The average Bonchev–Trinajstić information content (AvgIpc) is 3.20. The molecule has 0 saturated carbocycles. The number of carbonyl (C=O) groups excluding carboxylic acids is 1. The molecule has 162 valence electrons. The first-order valence-corrected chi connectivity index (χ1v) is 11.1. The number of amides is 1. The van der Waals surface area contributed by atoms with Crippen LogP contribution in [0.2, 0.25) is 0 Å². The van der Waals surface area contributed by atoms with Gasteiger partial charge in [-0.15, -0.1) is 0 Å². The van der Waals surface area contributed by atoms with Gasteiger partial charge in [-0.1, -0.05) is 63.2 Å². The molecule has 0 fully saturated rings.